The third kappa shape index (κ3) is 4.71. The van der Waals surface area contributed by atoms with E-state index in [1.165, 1.54) is 7.11 Å². The van der Waals surface area contributed by atoms with Gasteiger partial charge in [0.25, 0.3) is 0 Å². The molecule has 0 aliphatic carbocycles. The van der Waals surface area contributed by atoms with Crippen LogP contribution in [-0.4, -0.2) is 39.7 Å². The molecule has 0 aliphatic heterocycles. The summed E-state index contributed by atoms with van der Waals surface area (Å²) in [5.41, 5.74) is -0.158. The van der Waals surface area contributed by atoms with Gasteiger partial charge in [0.05, 0.1) is 12.8 Å². The number of carbonyl (C=O) groups excluding carboxylic acids is 2. The van der Waals surface area contributed by atoms with E-state index in [-0.39, 0.29) is 16.8 Å². The lowest BCUT2D eigenvalue weighted by Crippen LogP contribution is -2.28. The molecule has 2 aromatic heterocycles. The molecule has 0 aliphatic rings. The highest BCUT2D eigenvalue weighted by Gasteiger charge is 2.28. The smallest absolute Gasteiger partial charge is 0.437 e. The van der Waals surface area contributed by atoms with Gasteiger partial charge in [0.15, 0.2) is 11.6 Å². The Bertz CT molecular complexity index is 868. The molecule has 9 heteroatoms. The number of rotatable bonds is 4. The molecule has 2 heterocycles. The Morgan fingerprint density at radius 2 is 1.86 bits per heavy atom. The van der Waals surface area contributed by atoms with Gasteiger partial charge in [0.1, 0.15) is 17.0 Å². The zero-order chi connectivity index (χ0) is 21.3. The van der Waals surface area contributed by atoms with E-state index in [1.807, 2.05) is 27.7 Å². The molecule has 0 amide bonds. The number of nitrogens with one attached hydrogen (secondary N) is 1. The highest BCUT2D eigenvalue weighted by molar-refractivity contribution is 5.96. The molecule has 154 valence electrons. The van der Waals surface area contributed by atoms with Crippen molar-refractivity contribution in [3.63, 3.8) is 0 Å². The van der Waals surface area contributed by atoms with E-state index in [4.69, 9.17) is 14.0 Å². The molecular weight excluding hydrogens is 364 g/mol. The third-order valence-corrected chi connectivity index (χ3v) is 3.76. The lowest BCUT2D eigenvalue weighted by molar-refractivity contribution is 0.0516. The maximum absolute atomic E-state index is 12.7. The minimum Gasteiger partial charge on any atom is -0.465 e. The first-order valence-electron chi connectivity index (χ1n) is 9.05. The monoisotopic (exact) mass is 392 g/mol. The molecular formula is C19H28N4O5. The normalized spacial score (nSPS) is 12.0. The summed E-state index contributed by atoms with van der Waals surface area (Å²) >= 11 is 0. The number of hydrogen-bond acceptors (Lipinski definition) is 8. The molecule has 0 bridgehead atoms. The van der Waals surface area contributed by atoms with Crippen LogP contribution in [0, 0.1) is 0 Å². The number of ether oxygens (including phenoxy) is 2. The van der Waals surface area contributed by atoms with Gasteiger partial charge in [0.2, 0.25) is 0 Å². The van der Waals surface area contributed by atoms with Crippen LogP contribution in [0.5, 0.6) is 0 Å². The number of methoxy groups -OCH3 is 1. The molecule has 0 saturated heterocycles. The second-order valence-corrected chi connectivity index (χ2v) is 8.36. The van der Waals surface area contributed by atoms with Crippen molar-refractivity contribution < 1.29 is 23.6 Å². The SMILES string of the molecule is CCc1onc(Nc2cc(C(C)(C)C)nn2C(=O)OC(C)(C)C)c1C(=O)OC. The Kier molecular flexibility index (Phi) is 5.86. The molecule has 2 rings (SSSR count). The predicted molar refractivity (Wildman–Crippen MR) is 103 cm³/mol. The van der Waals surface area contributed by atoms with Gasteiger partial charge in [0, 0.05) is 17.9 Å². The first kappa shape index (κ1) is 21.5. The van der Waals surface area contributed by atoms with Gasteiger partial charge in [-0.1, -0.05) is 32.9 Å². The van der Waals surface area contributed by atoms with Crippen molar-refractivity contribution in [3.05, 3.63) is 23.1 Å². The Balaban J connectivity index is 2.51. The highest BCUT2D eigenvalue weighted by Crippen LogP contribution is 2.29. The Morgan fingerprint density at radius 1 is 1.21 bits per heavy atom. The van der Waals surface area contributed by atoms with Gasteiger partial charge in [-0.25, -0.2) is 9.59 Å². The van der Waals surface area contributed by atoms with Crippen molar-refractivity contribution in [2.75, 3.05) is 12.4 Å². The van der Waals surface area contributed by atoms with Crippen LogP contribution < -0.4 is 5.32 Å². The number of aromatic nitrogens is 3. The fourth-order valence-corrected chi connectivity index (χ4v) is 2.37. The van der Waals surface area contributed by atoms with Crippen molar-refractivity contribution >= 4 is 23.7 Å². The van der Waals surface area contributed by atoms with Crippen LogP contribution >= 0.6 is 0 Å². The van der Waals surface area contributed by atoms with E-state index in [1.54, 1.807) is 26.8 Å². The van der Waals surface area contributed by atoms with E-state index in [9.17, 15) is 9.59 Å². The van der Waals surface area contributed by atoms with Gasteiger partial charge in [-0.3, -0.25) is 0 Å². The minimum absolute atomic E-state index is 0.147. The van der Waals surface area contributed by atoms with Crippen LogP contribution in [0.25, 0.3) is 0 Å². The van der Waals surface area contributed by atoms with Gasteiger partial charge in [-0.2, -0.15) is 5.10 Å². The molecule has 0 unspecified atom stereocenters. The summed E-state index contributed by atoms with van der Waals surface area (Å²) in [5, 5.41) is 11.3. The van der Waals surface area contributed by atoms with Crippen LogP contribution in [0.2, 0.25) is 0 Å². The predicted octanol–water partition coefficient (Wildman–Crippen LogP) is 4.04. The number of carbonyl (C=O) groups is 2. The van der Waals surface area contributed by atoms with Gasteiger partial charge in [-0.05, 0) is 20.8 Å². The van der Waals surface area contributed by atoms with Crippen LogP contribution in [0.15, 0.2) is 10.6 Å². The summed E-state index contributed by atoms with van der Waals surface area (Å²) < 4.78 is 16.6. The van der Waals surface area contributed by atoms with Crippen LogP contribution in [0.1, 0.15) is 70.3 Å². The zero-order valence-corrected chi connectivity index (χ0v) is 17.7. The molecule has 0 fully saturated rings. The number of anilines is 2. The minimum atomic E-state index is -0.692. The Hall–Kier alpha value is -2.84. The molecule has 1 N–H and O–H groups in total. The summed E-state index contributed by atoms with van der Waals surface area (Å²) in [5.74, 6) is 0.253. The number of nitrogens with zero attached hydrogens (tertiary/aromatic N) is 3. The fourth-order valence-electron chi connectivity index (χ4n) is 2.37. The zero-order valence-electron chi connectivity index (χ0n) is 17.7. The summed E-state index contributed by atoms with van der Waals surface area (Å²) in [6, 6.07) is 1.71. The molecule has 0 radical (unpaired) electrons. The summed E-state index contributed by atoms with van der Waals surface area (Å²) in [6.45, 7) is 13.1. The van der Waals surface area contributed by atoms with Crippen molar-refractivity contribution in [1.82, 2.24) is 14.9 Å². The average Bonchev–Trinajstić information content (AvgIpc) is 3.16. The standard InChI is InChI=1S/C19H28N4O5/c1-9-11-14(16(24)26-8)15(22-28-11)20-13-10-12(18(2,3)4)21-23(13)17(25)27-19(5,6)7/h10H,9H2,1-8H3,(H,20,22). The second kappa shape index (κ2) is 7.65. The Morgan fingerprint density at radius 3 is 2.36 bits per heavy atom. The second-order valence-electron chi connectivity index (χ2n) is 8.36. The van der Waals surface area contributed by atoms with E-state index >= 15 is 0 Å². The van der Waals surface area contributed by atoms with Gasteiger partial charge in [-0.15, -0.1) is 4.68 Å². The van der Waals surface area contributed by atoms with E-state index in [0.717, 1.165) is 4.68 Å². The number of esters is 1. The van der Waals surface area contributed by atoms with Crippen molar-refractivity contribution in [2.45, 2.75) is 65.9 Å². The first-order valence-corrected chi connectivity index (χ1v) is 9.05. The lowest BCUT2D eigenvalue weighted by atomic mass is 9.92. The third-order valence-electron chi connectivity index (χ3n) is 3.76. The van der Waals surface area contributed by atoms with Crippen LogP contribution in [-0.2, 0) is 21.3 Å². The number of aryl methyl sites for hydroxylation is 1. The summed E-state index contributed by atoms with van der Waals surface area (Å²) in [6.07, 6.45) is -0.193. The molecule has 28 heavy (non-hydrogen) atoms. The van der Waals surface area contributed by atoms with Crippen molar-refractivity contribution in [1.29, 1.82) is 0 Å². The number of hydrogen-bond donors (Lipinski definition) is 1. The summed E-state index contributed by atoms with van der Waals surface area (Å²) in [4.78, 5) is 24.8. The molecule has 0 atom stereocenters. The van der Waals surface area contributed by atoms with Gasteiger partial charge >= 0.3 is 12.1 Å². The average molecular weight is 392 g/mol. The van der Waals surface area contributed by atoms with E-state index in [2.05, 4.69) is 15.6 Å². The van der Waals surface area contributed by atoms with E-state index < -0.39 is 17.7 Å². The molecule has 0 aromatic carbocycles. The summed E-state index contributed by atoms with van der Waals surface area (Å²) in [7, 11) is 1.28. The molecule has 9 nitrogen and oxygen atoms in total. The van der Waals surface area contributed by atoms with Crippen molar-refractivity contribution in [2.24, 2.45) is 0 Å². The molecule has 0 saturated carbocycles. The molecule has 2 aromatic rings. The topological polar surface area (TPSA) is 108 Å². The van der Waals surface area contributed by atoms with Crippen molar-refractivity contribution in [3.8, 4) is 0 Å². The first-order chi connectivity index (χ1) is 12.9. The quantitative estimate of drug-likeness (QED) is 0.777. The maximum Gasteiger partial charge on any atom is 0.437 e. The fraction of sp³-hybridized carbons (Fsp3) is 0.579. The van der Waals surface area contributed by atoms with Crippen LogP contribution in [0.4, 0.5) is 16.4 Å². The van der Waals surface area contributed by atoms with E-state index in [0.29, 0.717) is 23.7 Å². The Labute approximate surface area is 164 Å². The molecule has 0 spiro atoms. The maximum atomic E-state index is 12.7. The van der Waals surface area contributed by atoms with Gasteiger partial charge < -0.3 is 19.3 Å². The van der Waals surface area contributed by atoms with Crippen LogP contribution in [0.3, 0.4) is 0 Å². The largest absolute Gasteiger partial charge is 0.465 e. The highest BCUT2D eigenvalue weighted by atomic mass is 16.6. The lowest BCUT2D eigenvalue weighted by Gasteiger charge is -2.20.